The lowest BCUT2D eigenvalue weighted by molar-refractivity contribution is 0.112. The summed E-state index contributed by atoms with van der Waals surface area (Å²) in [5, 5.41) is 1.26. The van der Waals surface area contributed by atoms with Gasteiger partial charge in [-0.15, -0.1) is 11.3 Å². The minimum absolute atomic E-state index is 0.109. The first-order valence-corrected chi connectivity index (χ1v) is 7.38. The van der Waals surface area contributed by atoms with Gasteiger partial charge in [0.1, 0.15) is 5.01 Å². The van der Waals surface area contributed by atoms with Crippen molar-refractivity contribution in [1.29, 1.82) is 0 Å². The molecular weight excluding hydrogens is 230 g/mol. The maximum absolute atomic E-state index is 5.91. The van der Waals surface area contributed by atoms with Crippen molar-refractivity contribution in [1.82, 2.24) is 9.88 Å². The third kappa shape index (κ3) is 2.87. The first kappa shape index (κ1) is 13.0. The van der Waals surface area contributed by atoms with Crippen LogP contribution in [0.25, 0.3) is 0 Å². The predicted molar refractivity (Wildman–Crippen MR) is 73.2 cm³/mol. The van der Waals surface area contributed by atoms with Crippen molar-refractivity contribution in [2.45, 2.75) is 58.2 Å². The maximum Gasteiger partial charge on any atom is 0.110 e. The van der Waals surface area contributed by atoms with E-state index in [2.05, 4.69) is 23.7 Å². The summed E-state index contributed by atoms with van der Waals surface area (Å²) in [6.45, 7) is 7.78. The monoisotopic (exact) mass is 253 g/mol. The molecule has 0 amide bonds. The van der Waals surface area contributed by atoms with Crippen molar-refractivity contribution in [3.05, 3.63) is 16.1 Å². The lowest BCUT2D eigenvalue weighted by atomic mass is 10.0. The van der Waals surface area contributed by atoms with E-state index >= 15 is 0 Å². The molecule has 1 aliphatic heterocycles. The summed E-state index contributed by atoms with van der Waals surface area (Å²) < 4.78 is 0. The fraction of sp³-hybridized carbons (Fsp3) is 0.769. The van der Waals surface area contributed by atoms with Crippen LogP contribution in [0.15, 0.2) is 6.20 Å². The highest BCUT2D eigenvalue weighted by Gasteiger charge is 2.28. The second-order valence-corrected chi connectivity index (χ2v) is 6.33. The third-order valence-corrected chi connectivity index (χ3v) is 4.78. The van der Waals surface area contributed by atoms with Crippen LogP contribution in [0.2, 0.25) is 0 Å². The molecule has 96 valence electrons. The molecule has 17 heavy (non-hydrogen) atoms. The van der Waals surface area contributed by atoms with Crippen molar-refractivity contribution in [2.75, 3.05) is 6.54 Å². The number of hydrogen-bond acceptors (Lipinski definition) is 4. The molecule has 2 N–H and O–H groups in total. The largest absolute Gasteiger partial charge is 0.323 e. The number of piperidine rings is 1. The molecule has 2 atom stereocenters. The smallest absolute Gasteiger partial charge is 0.110 e. The van der Waals surface area contributed by atoms with Gasteiger partial charge in [-0.3, -0.25) is 4.90 Å². The van der Waals surface area contributed by atoms with Crippen LogP contribution in [0.5, 0.6) is 0 Å². The summed E-state index contributed by atoms with van der Waals surface area (Å²) in [5.74, 6) is 0. The van der Waals surface area contributed by atoms with E-state index in [0.29, 0.717) is 12.1 Å². The molecule has 0 aliphatic carbocycles. The van der Waals surface area contributed by atoms with Crippen LogP contribution in [-0.4, -0.2) is 22.5 Å². The standard InChI is InChI=1S/C13H23N3S/c1-9(2)16-7-5-4-6-11(16)13-15-8-12(17-13)10(3)14/h8-11H,4-7,14H2,1-3H3. The van der Waals surface area contributed by atoms with Gasteiger partial charge in [-0.1, -0.05) is 6.42 Å². The number of hydrogen-bond donors (Lipinski definition) is 1. The van der Waals surface area contributed by atoms with Crippen molar-refractivity contribution in [3.63, 3.8) is 0 Å². The van der Waals surface area contributed by atoms with Crippen LogP contribution in [0, 0.1) is 0 Å². The Morgan fingerprint density at radius 2 is 2.18 bits per heavy atom. The Bertz CT molecular complexity index is 359. The van der Waals surface area contributed by atoms with Gasteiger partial charge in [-0.2, -0.15) is 0 Å². The zero-order chi connectivity index (χ0) is 12.4. The highest BCUT2D eigenvalue weighted by atomic mass is 32.1. The predicted octanol–water partition coefficient (Wildman–Crippen LogP) is 3.10. The van der Waals surface area contributed by atoms with Gasteiger partial charge in [-0.05, 0) is 40.2 Å². The maximum atomic E-state index is 5.91. The Morgan fingerprint density at radius 3 is 2.76 bits per heavy atom. The summed E-state index contributed by atoms with van der Waals surface area (Å²) in [6, 6.07) is 1.22. The molecule has 0 aromatic carbocycles. The fourth-order valence-electron chi connectivity index (χ4n) is 2.50. The number of thiazole rings is 1. The lowest BCUT2D eigenvalue weighted by Crippen LogP contribution is -2.38. The molecular formula is C13H23N3S. The van der Waals surface area contributed by atoms with Crippen LogP contribution >= 0.6 is 11.3 Å². The molecule has 4 heteroatoms. The molecule has 0 spiro atoms. The molecule has 0 saturated carbocycles. The van der Waals surface area contributed by atoms with E-state index in [0.717, 1.165) is 0 Å². The average molecular weight is 253 g/mol. The lowest BCUT2D eigenvalue weighted by Gasteiger charge is -2.37. The third-order valence-electron chi connectivity index (χ3n) is 3.48. The summed E-state index contributed by atoms with van der Waals surface area (Å²) in [5.41, 5.74) is 5.91. The van der Waals surface area contributed by atoms with Crippen LogP contribution in [0.1, 0.15) is 62.0 Å². The van der Waals surface area contributed by atoms with Gasteiger partial charge < -0.3 is 5.73 Å². The first-order valence-electron chi connectivity index (χ1n) is 6.56. The van der Waals surface area contributed by atoms with Crippen LogP contribution in [-0.2, 0) is 0 Å². The molecule has 1 aliphatic rings. The molecule has 1 aromatic rings. The Labute approximate surface area is 108 Å². The van der Waals surface area contributed by atoms with E-state index in [1.807, 2.05) is 13.1 Å². The molecule has 2 rings (SSSR count). The Morgan fingerprint density at radius 1 is 1.41 bits per heavy atom. The van der Waals surface area contributed by atoms with E-state index in [1.54, 1.807) is 11.3 Å². The molecule has 1 fully saturated rings. The zero-order valence-corrected chi connectivity index (χ0v) is 11.8. The number of rotatable bonds is 3. The quantitative estimate of drug-likeness (QED) is 0.900. The van der Waals surface area contributed by atoms with Gasteiger partial charge in [0.2, 0.25) is 0 Å². The summed E-state index contributed by atoms with van der Waals surface area (Å²) in [6.07, 6.45) is 5.84. The highest BCUT2D eigenvalue weighted by Crippen LogP contribution is 2.35. The highest BCUT2D eigenvalue weighted by molar-refractivity contribution is 7.11. The van der Waals surface area contributed by atoms with Gasteiger partial charge in [0.05, 0.1) is 6.04 Å². The van der Waals surface area contributed by atoms with E-state index in [9.17, 15) is 0 Å². The van der Waals surface area contributed by atoms with E-state index < -0.39 is 0 Å². The van der Waals surface area contributed by atoms with Crippen molar-refractivity contribution in [2.24, 2.45) is 5.73 Å². The SMILES string of the molecule is CC(N)c1cnc(C2CCCCN2C(C)C)s1. The number of aromatic nitrogens is 1. The molecule has 1 aromatic heterocycles. The summed E-state index contributed by atoms with van der Waals surface area (Å²) in [7, 11) is 0. The zero-order valence-electron chi connectivity index (χ0n) is 11.0. The van der Waals surface area contributed by atoms with Gasteiger partial charge >= 0.3 is 0 Å². The molecule has 2 heterocycles. The van der Waals surface area contributed by atoms with Crippen molar-refractivity contribution >= 4 is 11.3 Å². The molecule has 1 saturated heterocycles. The number of nitrogens with zero attached hydrogens (tertiary/aromatic N) is 2. The van der Waals surface area contributed by atoms with E-state index in [4.69, 9.17) is 5.73 Å². The molecule has 2 unspecified atom stereocenters. The Hall–Kier alpha value is -0.450. The first-order chi connectivity index (χ1) is 8.09. The van der Waals surface area contributed by atoms with Crippen LogP contribution < -0.4 is 5.73 Å². The van der Waals surface area contributed by atoms with Gasteiger partial charge in [-0.25, -0.2) is 4.98 Å². The number of nitrogens with two attached hydrogens (primary N) is 1. The fourth-order valence-corrected chi connectivity index (χ4v) is 3.53. The Balaban J connectivity index is 2.17. The van der Waals surface area contributed by atoms with Gasteiger partial charge in [0.25, 0.3) is 0 Å². The van der Waals surface area contributed by atoms with Crippen molar-refractivity contribution < 1.29 is 0 Å². The molecule has 0 radical (unpaired) electrons. The van der Waals surface area contributed by atoms with Crippen LogP contribution in [0.3, 0.4) is 0 Å². The normalized spacial score (nSPS) is 24.2. The Kier molecular flexibility index (Phi) is 4.17. The molecule has 0 bridgehead atoms. The van der Waals surface area contributed by atoms with Gasteiger partial charge in [0, 0.05) is 23.2 Å². The number of likely N-dealkylation sites (tertiary alicyclic amines) is 1. The topological polar surface area (TPSA) is 42.1 Å². The van der Waals surface area contributed by atoms with Crippen molar-refractivity contribution in [3.8, 4) is 0 Å². The molecule has 3 nitrogen and oxygen atoms in total. The van der Waals surface area contributed by atoms with Gasteiger partial charge in [0.15, 0.2) is 0 Å². The second-order valence-electron chi connectivity index (χ2n) is 5.23. The minimum atomic E-state index is 0.109. The van der Waals surface area contributed by atoms with E-state index in [-0.39, 0.29) is 6.04 Å². The van der Waals surface area contributed by atoms with Crippen LogP contribution in [0.4, 0.5) is 0 Å². The second kappa shape index (κ2) is 5.46. The summed E-state index contributed by atoms with van der Waals surface area (Å²) in [4.78, 5) is 8.37. The van der Waals surface area contributed by atoms with E-state index in [1.165, 1.54) is 35.7 Å². The minimum Gasteiger partial charge on any atom is -0.323 e. The average Bonchev–Trinajstić information content (AvgIpc) is 2.78. The summed E-state index contributed by atoms with van der Waals surface area (Å²) >= 11 is 1.79.